The Morgan fingerprint density at radius 3 is 2.26 bits per heavy atom. The van der Waals surface area contributed by atoms with Crippen LogP contribution in [0.1, 0.15) is 30.6 Å². The minimum absolute atomic E-state index is 0.214. The number of aromatic amines is 1. The Morgan fingerprint density at radius 1 is 1.07 bits per heavy atom. The predicted molar refractivity (Wildman–Crippen MR) is 103 cm³/mol. The van der Waals surface area contributed by atoms with Crippen molar-refractivity contribution >= 4 is 21.6 Å². The molecular weight excluding hydrogens is 366 g/mol. The molecule has 8 heteroatoms. The molecule has 1 aliphatic rings. The summed E-state index contributed by atoms with van der Waals surface area (Å²) in [5.41, 5.74) is 0.496. The first-order valence-corrected chi connectivity index (χ1v) is 10.3. The first-order chi connectivity index (χ1) is 12.8. The van der Waals surface area contributed by atoms with Gasteiger partial charge in [-0.05, 0) is 48.6 Å². The van der Waals surface area contributed by atoms with E-state index in [2.05, 4.69) is 24.1 Å². The summed E-state index contributed by atoms with van der Waals surface area (Å²) in [4.78, 5) is 25.9. The van der Waals surface area contributed by atoms with Gasteiger partial charge in [-0.1, -0.05) is 13.8 Å². The van der Waals surface area contributed by atoms with Gasteiger partial charge in [-0.3, -0.25) is 9.59 Å². The topological polar surface area (TPSA) is 99.3 Å². The maximum atomic E-state index is 12.9. The molecule has 3 rings (SSSR count). The molecule has 1 fully saturated rings. The number of rotatable bonds is 4. The summed E-state index contributed by atoms with van der Waals surface area (Å²) >= 11 is 0. The molecule has 7 nitrogen and oxygen atoms in total. The normalized spacial score (nSPS) is 21.0. The zero-order valence-corrected chi connectivity index (χ0v) is 16.1. The maximum absolute atomic E-state index is 12.9. The number of amides is 1. The molecule has 1 aliphatic heterocycles. The summed E-state index contributed by atoms with van der Waals surface area (Å²) in [6.07, 6.45) is 2.36. The third-order valence-corrected chi connectivity index (χ3v) is 6.48. The highest BCUT2D eigenvalue weighted by atomic mass is 32.2. The molecule has 0 unspecified atom stereocenters. The second-order valence-corrected chi connectivity index (χ2v) is 9.13. The van der Waals surface area contributed by atoms with Crippen LogP contribution in [0, 0.1) is 11.8 Å². The minimum atomic E-state index is -3.55. The highest BCUT2D eigenvalue weighted by Crippen LogP contribution is 2.27. The first kappa shape index (κ1) is 19.3. The van der Waals surface area contributed by atoms with Crippen molar-refractivity contribution < 1.29 is 13.2 Å². The Bertz CT molecular complexity index is 952. The van der Waals surface area contributed by atoms with Crippen LogP contribution in [0.25, 0.3) is 0 Å². The van der Waals surface area contributed by atoms with Crippen LogP contribution in [0.4, 0.5) is 5.69 Å². The molecule has 0 aliphatic carbocycles. The Hall–Kier alpha value is -2.45. The van der Waals surface area contributed by atoms with Gasteiger partial charge in [0.05, 0.1) is 10.5 Å². The molecule has 1 saturated heterocycles. The van der Waals surface area contributed by atoms with Gasteiger partial charge in [0.2, 0.25) is 15.6 Å². The van der Waals surface area contributed by atoms with E-state index in [1.165, 1.54) is 30.5 Å². The van der Waals surface area contributed by atoms with Crippen LogP contribution < -0.4 is 10.9 Å². The SMILES string of the molecule is C[C@H]1C[C@H](C)CN(S(=O)(=O)c2ccc(NC(=O)c3ccc(=O)[nH]c3)cc2)C1. The van der Waals surface area contributed by atoms with Gasteiger partial charge in [0.25, 0.3) is 5.91 Å². The summed E-state index contributed by atoms with van der Waals surface area (Å²) < 4.78 is 27.3. The van der Waals surface area contributed by atoms with E-state index in [1.54, 1.807) is 16.4 Å². The van der Waals surface area contributed by atoms with Gasteiger partial charge in [0.15, 0.2) is 0 Å². The van der Waals surface area contributed by atoms with Gasteiger partial charge >= 0.3 is 0 Å². The molecule has 144 valence electrons. The van der Waals surface area contributed by atoms with Crippen LogP contribution >= 0.6 is 0 Å². The van der Waals surface area contributed by atoms with Gasteiger partial charge in [-0.25, -0.2) is 8.42 Å². The van der Waals surface area contributed by atoms with Crippen LogP contribution in [0.2, 0.25) is 0 Å². The molecule has 0 radical (unpaired) electrons. The van der Waals surface area contributed by atoms with Crippen molar-refractivity contribution in [2.75, 3.05) is 18.4 Å². The number of piperidine rings is 1. The largest absolute Gasteiger partial charge is 0.328 e. The Labute approximate surface area is 158 Å². The molecule has 2 heterocycles. The Balaban J connectivity index is 1.73. The monoisotopic (exact) mass is 389 g/mol. The first-order valence-electron chi connectivity index (χ1n) is 8.86. The van der Waals surface area contributed by atoms with Crippen molar-refractivity contribution in [3.05, 3.63) is 58.5 Å². The second kappa shape index (κ2) is 7.66. The van der Waals surface area contributed by atoms with Crippen LogP contribution in [0.5, 0.6) is 0 Å². The van der Waals surface area contributed by atoms with Crippen molar-refractivity contribution in [3.8, 4) is 0 Å². The van der Waals surface area contributed by atoms with Gasteiger partial charge < -0.3 is 10.3 Å². The Kier molecular flexibility index (Phi) is 5.48. The lowest BCUT2D eigenvalue weighted by molar-refractivity contribution is 0.102. The minimum Gasteiger partial charge on any atom is -0.328 e. The Morgan fingerprint density at radius 2 is 1.70 bits per heavy atom. The number of benzene rings is 1. The predicted octanol–water partition coefficient (Wildman–Crippen LogP) is 2.29. The van der Waals surface area contributed by atoms with E-state index >= 15 is 0 Å². The molecule has 27 heavy (non-hydrogen) atoms. The lowest BCUT2D eigenvalue weighted by Gasteiger charge is -2.34. The van der Waals surface area contributed by atoms with Crippen molar-refractivity contribution in [1.82, 2.24) is 9.29 Å². The summed E-state index contributed by atoms with van der Waals surface area (Å²) in [5.74, 6) is 0.277. The van der Waals surface area contributed by atoms with E-state index in [9.17, 15) is 18.0 Å². The molecule has 2 aromatic rings. The third kappa shape index (κ3) is 4.45. The molecule has 1 aromatic carbocycles. The number of carbonyl (C=O) groups excluding carboxylic acids is 1. The molecule has 0 bridgehead atoms. The average Bonchev–Trinajstić information content (AvgIpc) is 2.62. The van der Waals surface area contributed by atoms with E-state index in [4.69, 9.17) is 0 Å². The van der Waals surface area contributed by atoms with Gasteiger partial charge in [-0.15, -0.1) is 0 Å². The molecule has 0 saturated carbocycles. The number of carbonyl (C=O) groups is 1. The summed E-state index contributed by atoms with van der Waals surface area (Å²) in [7, 11) is -3.55. The van der Waals surface area contributed by atoms with Gasteiger partial charge in [-0.2, -0.15) is 4.31 Å². The highest BCUT2D eigenvalue weighted by molar-refractivity contribution is 7.89. The number of aromatic nitrogens is 1. The average molecular weight is 389 g/mol. The lowest BCUT2D eigenvalue weighted by Crippen LogP contribution is -2.42. The number of nitrogens with one attached hydrogen (secondary N) is 2. The van der Waals surface area contributed by atoms with Crippen LogP contribution in [0.3, 0.4) is 0 Å². The van der Waals surface area contributed by atoms with Crippen molar-refractivity contribution in [2.45, 2.75) is 25.2 Å². The van der Waals surface area contributed by atoms with E-state index in [0.717, 1.165) is 6.42 Å². The van der Waals surface area contributed by atoms with E-state index < -0.39 is 10.0 Å². The van der Waals surface area contributed by atoms with Crippen LogP contribution in [-0.4, -0.2) is 36.7 Å². The molecule has 1 aromatic heterocycles. The third-order valence-electron chi connectivity index (χ3n) is 4.63. The summed E-state index contributed by atoms with van der Waals surface area (Å²) in [5, 5.41) is 2.68. The van der Waals surface area contributed by atoms with Gasteiger partial charge in [0.1, 0.15) is 0 Å². The zero-order chi connectivity index (χ0) is 19.6. The number of anilines is 1. The molecule has 0 spiro atoms. The zero-order valence-electron chi connectivity index (χ0n) is 15.3. The fourth-order valence-electron chi connectivity index (χ4n) is 3.42. The summed E-state index contributed by atoms with van der Waals surface area (Å²) in [6, 6.07) is 8.82. The van der Waals surface area contributed by atoms with Crippen LogP contribution in [-0.2, 0) is 10.0 Å². The van der Waals surface area contributed by atoms with Crippen molar-refractivity contribution in [2.24, 2.45) is 11.8 Å². The molecule has 1 amide bonds. The lowest BCUT2D eigenvalue weighted by atomic mass is 9.94. The van der Waals surface area contributed by atoms with Crippen LogP contribution in [0.15, 0.2) is 52.3 Å². The van der Waals surface area contributed by atoms with Crippen molar-refractivity contribution in [1.29, 1.82) is 0 Å². The highest BCUT2D eigenvalue weighted by Gasteiger charge is 2.31. The maximum Gasteiger partial charge on any atom is 0.257 e. The van der Waals surface area contributed by atoms with E-state index in [1.807, 2.05) is 0 Å². The smallest absolute Gasteiger partial charge is 0.257 e. The van der Waals surface area contributed by atoms with E-state index in [0.29, 0.717) is 36.2 Å². The fraction of sp³-hybridized carbons (Fsp3) is 0.368. The number of H-pyrrole nitrogens is 1. The second-order valence-electron chi connectivity index (χ2n) is 7.19. The van der Waals surface area contributed by atoms with Crippen molar-refractivity contribution in [3.63, 3.8) is 0 Å². The van der Waals surface area contributed by atoms with E-state index in [-0.39, 0.29) is 16.4 Å². The number of hydrogen-bond acceptors (Lipinski definition) is 4. The number of sulfonamides is 1. The molecule has 2 N–H and O–H groups in total. The van der Waals surface area contributed by atoms with Gasteiger partial charge in [0, 0.05) is 31.0 Å². The number of pyridine rings is 1. The standard InChI is InChI=1S/C19H23N3O4S/c1-13-9-14(2)12-22(11-13)27(25,26)17-6-4-16(5-7-17)21-19(24)15-3-8-18(23)20-10-15/h3-8,10,13-14H,9,11-12H2,1-2H3,(H,20,23)(H,21,24)/t13-,14-/m0/s1. The molecule has 2 atom stereocenters. The quantitative estimate of drug-likeness (QED) is 0.838. The fourth-order valence-corrected chi connectivity index (χ4v) is 5.10. The molecular formula is C19H23N3O4S. The number of nitrogens with zero attached hydrogens (tertiary/aromatic N) is 1. The summed E-state index contributed by atoms with van der Waals surface area (Å²) in [6.45, 7) is 5.18. The number of hydrogen-bond donors (Lipinski definition) is 2.